The largest absolute Gasteiger partial charge is 0.512 e. The fourth-order valence-corrected chi connectivity index (χ4v) is 6.08. The number of allylic oxidation sites excluding steroid dienone is 2. The van der Waals surface area contributed by atoms with E-state index in [0.29, 0.717) is 77.5 Å². The summed E-state index contributed by atoms with van der Waals surface area (Å²) in [6.07, 6.45) is -1.23. The number of ether oxygens (including phenoxy) is 1. The lowest BCUT2D eigenvalue weighted by Crippen LogP contribution is -2.63. The van der Waals surface area contributed by atoms with E-state index in [1.165, 1.54) is 6.92 Å². The van der Waals surface area contributed by atoms with Crippen LogP contribution < -0.4 is 15.0 Å². The standard InChI is InChI=1S/C29H39ClF2N6O3/c1-17-26(25(18(2)33)19(3)39)35-27(22-10-21(6-7-23(22)30)41-13-20(40)11-34-4)36-28(17)38-15-29(16-38)8-5-9-37(14-29)12-24(31)32/h6-7,10,20,24,33-34,39-40H,5,8-9,11-16H2,1-4H3/b25-19+,33-18?/t20-/m1/s1. The first-order valence-electron chi connectivity index (χ1n) is 13.8. The molecule has 2 aliphatic heterocycles. The van der Waals surface area contributed by atoms with E-state index in [1.54, 1.807) is 32.2 Å². The van der Waals surface area contributed by atoms with Gasteiger partial charge in [-0.15, -0.1) is 0 Å². The van der Waals surface area contributed by atoms with E-state index in [4.69, 9.17) is 31.7 Å². The van der Waals surface area contributed by atoms with Crippen LogP contribution in [0.1, 0.15) is 37.9 Å². The monoisotopic (exact) mass is 592 g/mol. The van der Waals surface area contributed by atoms with Gasteiger partial charge >= 0.3 is 0 Å². The van der Waals surface area contributed by atoms with Crippen molar-refractivity contribution in [2.75, 3.05) is 57.8 Å². The molecule has 1 atom stereocenters. The predicted molar refractivity (Wildman–Crippen MR) is 158 cm³/mol. The number of aromatic nitrogens is 2. The first-order chi connectivity index (χ1) is 19.4. The first kappa shape index (κ1) is 31.1. The summed E-state index contributed by atoms with van der Waals surface area (Å²) in [6, 6.07) is 5.08. The van der Waals surface area contributed by atoms with E-state index in [9.17, 15) is 19.0 Å². The molecule has 41 heavy (non-hydrogen) atoms. The summed E-state index contributed by atoms with van der Waals surface area (Å²) < 4.78 is 31.9. The highest BCUT2D eigenvalue weighted by Crippen LogP contribution is 2.43. The number of aliphatic hydroxyl groups excluding tert-OH is 2. The number of rotatable bonds is 11. The van der Waals surface area contributed by atoms with Gasteiger partial charge in [-0.2, -0.15) is 0 Å². The second kappa shape index (κ2) is 13.0. The second-order valence-corrected chi connectivity index (χ2v) is 11.6. The summed E-state index contributed by atoms with van der Waals surface area (Å²) in [5, 5.41) is 32.2. The molecular formula is C29H39ClF2N6O3. The Morgan fingerprint density at radius 2 is 1.98 bits per heavy atom. The molecule has 2 saturated heterocycles. The SMILES string of the molecule is CNC[C@@H](O)COc1ccc(Cl)c(-c2nc(/C(C(C)=N)=C(\C)O)c(C)c(N3CC4(CCCN(CC(F)F)C4)C3)n2)c1. The number of aliphatic hydroxyl groups is 2. The fourth-order valence-electron chi connectivity index (χ4n) is 5.88. The lowest BCUT2D eigenvalue weighted by Gasteiger charge is -2.55. The number of nitrogens with one attached hydrogen (secondary N) is 2. The highest BCUT2D eigenvalue weighted by Gasteiger charge is 2.47. The van der Waals surface area contributed by atoms with Crippen molar-refractivity contribution in [2.24, 2.45) is 5.41 Å². The van der Waals surface area contributed by atoms with Crippen LogP contribution in [0.4, 0.5) is 14.6 Å². The summed E-state index contributed by atoms with van der Waals surface area (Å²) in [7, 11) is 1.74. The van der Waals surface area contributed by atoms with Gasteiger partial charge in [0.1, 0.15) is 30.0 Å². The zero-order chi connectivity index (χ0) is 29.9. The number of hydrogen-bond donors (Lipinski definition) is 4. The molecule has 0 aliphatic carbocycles. The lowest BCUT2D eigenvalue weighted by molar-refractivity contribution is 0.0185. The van der Waals surface area contributed by atoms with Crippen molar-refractivity contribution in [1.82, 2.24) is 20.2 Å². The van der Waals surface area contributed by atoms with E-state index in [2.05, 4.69) is 10.2 Å². The van der Waals surface area contributed by atoms with Crippen molar-refractivity contribution in [3.63, 3.8) is 0 Å². The molecule has 3 heterocycles. The molecule has 0 unspecified atom stereocenters. The number of nitrogens with zero attached hydrogens (tertiary/aromatic N) is 4. The number of piperidine rings is 1. The van der Waals surface area contributed by atoms with Gasteiger partial charge in [-0.25, -0.2) is 18.7 Å². The molecule has 1 aromatic heterocycles. The summed E-state index contributed by atoms with van der Waals surface area (Å²) in [5.41, 5.74) is 2.00. The molecule has 224 valence electrons. The van der Waals surface area contributed by atoms with Gasteiger partial charge in [0.05, 0.1) is 22.8 Å². The minimum Gasteiger partial charge on any atom is -0.512 e. The number of hydrogen-bond acceptors (Lipinski definition) is 9. The highest BCUT2D eigenvalue weighted by molar-refractivity contribution is 6.33. The molecule has 2 fully saturated rings. The molecule has 2 aromatic rings. The molecule has 12 heteroatoms. The molecule has 0 radical (unpaired) electrons. The number of benzene rings is 1. The minimum absolute atomic E-state index is 0.0343. The molecule has 0 amide bonds. The summed E-state index contributed by atoms with van der Waals surface area (Å²) in [5.74, 6) is 1.39. The van der Waals surface area contributed by atoms with Crippen LogP contribution in [0.25, 0.3) is 17.0 Å². The smallest absolute Gasteiger partial charge is 0.251 e. The van der Waals surface area contributed by atoms with Crippen molar-refractivity contribution in [3.05, 3.63) is 40.2 Å². The van der Waals surface area contributed by atoms with Crippen molar-refractivity contribution in [1.29, 1.82) is 5.41 Å². The highest BCUT2D eigenvalue weighted by atomic mass is 35.5. The summed E-state index contributed by atoms with van der Waals surface area (Å²) in [6.45, 7) is 7.82. The summed E-state index contributed by atoms with van der Waals surface area (Å²) >= 11 is 6.61. The maximum Gasteiger partial charge on any atom is 0.251 e. The van der Waals surface area contributed by atoms with Gasteiger partial charge in [-0.05, 0) is 65.4 Å². The maximum atomic E-state index is 13.1. The Hall–Kier alpha value is -2.86. The van der Waals surface area contributed by atoms with Crippen LogP contribution in [-0.4, -0.2) is 96.2 Å². The number of alkyl halides is 2. The van der Waals surface area contributed by atoms with E-state index in [1.807, 2.05) is 11.8 Å². The Morgan fingerprint density at radius 1 is 1.24 bits per heavy atom. The van der Waals surface area contributed by atoms with Gasteiger partial charge < -0.3 is 30.6 Å². The van der Waals surface area contributed by atoms with Gasteiger partial charge in [-0.1, -0.05) is 11.6 Å². The first-order valence-corrected chi connectivity index (χ1v) is 14.2. The number of likely N-dealkylation sites (tertiary alicyclic amines) is 1. The van der Waals surface area contributed by atoms with Crippen molar-refractivity contribution >= 4 is 28.7 Å². The second-order valence-electron chi connectivity index (χ2n) is 11.2. The molecule has 4 rings (SSSR count). The zero-order valence-corrected chi connectivity index (χ0v) is 24.7. The number of anilines is 1. The third kappa shape index (κ3) is 7.14. The van der Waals surface area contributed by atoms with Crippen molar-refractivity contribution < 1.29 is 23.7 Å². The van der Waals surface area contributed by atoms with E-state index in [0.717, 1.165) is 12.8 Å². The quantitative estimate of drug-likeness (QED) is 0.222. The van der Waals surface area contributed by atoms with Gasteiger partial charge in [-0.3, -0.25) is 4.90 Å². The van der Waals surface area contributed by atoms with E-state index in [-0.39, 0.29) is 30.0 Å². The molecule has 4 N–H and O–H groups in total. The van der Waals surface area contributed by atoms with Crippen LogP contribution in [0.2, 0.25) is 5.02 Å². The predicted octanol–water partition coefficient (Wildman–Crippen LogP) is 4.56. The molecular weight excluding hydrogens is 554 g/mol. The number of likely N-dealkylation sites (N-methyl/N-ethyl adjacent to an activating group) is 1. The van der Waals surface area contributed by atoms with Gasteiger partial charge in [0.15, 0.2) is 5.82 Å². The average Bonchev–Trinajstić information content (AvgIpc) is 2.87. The van der Waals surface area contributed by atoms with Crippen molar-refractivity contribution in [3.8, 4) is 17.1 Å². The Kier molecular flexibility index (Phi) is 9.84. The van der Waals surface area contributed by atoms with E-state index < -0.39 is 12.5 Å². The van der Waals surface area contributed by atoms with Crippen LogP contribution in [0.15, 0.2) is 24.0 Å². The molecule has 1 spiro atoms. The molecule has 1 aromatic carbocycles. The Morgan fingerprint density at radius 3 is 2.61 bits per heavy atom. The van der Waals surface area contributed by atoms with Crippen LogP contribution in [0.3, 0.4) is 0 Å². The summed E-state index contributed by atoms with van der Waals surface area (Å²) in [4.78, 5) is 13.6. The number of halogens is 3. The molecule has 0 saturated carbocycles. The zero-order valence-electron chi connectivity index (χ0n) is 24.0. The van der Waals surface area contributed by atoms with Crippen LogP contribution in [-0.2, 0) is 0 Å². The van der Waals surface area contributed by atoms with Crippen molar-refractivity contribution in [2.45, 2.75) is 46.1 Å². The third-order valence-corrected chi connectivity index (χ3v) is 7.97. The van der Waals surface area contributed by atoms with Crippen LogP contribution in [0, 0.1) is 17.7 Å². The topological polar surface area (TPSA) is 118 Å². The average molecular weight is 593 g/mol. The lowest BCUT2D eigenvalue weighted by atomic mass is 9.73. The maximum absolute atomic E-state index is 13.1. The van der Waals surface area contributed by atoms with Gasteiger partial charge in [0.2, 0.25) is 0 Å². The van der Waals surface area contributed by atoms with Gasteiger partial charge in [0, 0.05) is 48.4 Å². The Bertz CT molecular complexity index is 1300. The molecule has 0 bridgehead atoms. The van der Waals surface area contributed by atoms with E-state index >= 15 is 0 Å². The molecule has 9 nitrogen and oxygen atoms in total. The van der Waals surface area contributed by atoms with Gasteiger partial charge in [0.25, 0.3) is 6.43 Å². The van der Waals surface area contributed by atoms with Crippen LogP contribution in [0.5, 0.6) is 5.75 Å². The Balaban J connectivity index is 1.71. The van der Waals surface area contributed by atoms with Crippen LogP contribution >= 0.6 is 11.6 Å². The molecule has 2 aliphatic rings. The normalized spacial score (nSPS) is 18.3. The third-order valence-electron chi connectivity index (χ3n) is 7.64. The minimum atomic E-state index is -2.36. The Labute approximate surface area is 244 Å². The fraction of sp³-hybridized carbons (Fsp3) is 0.552.